The van der Waals surface area contributed by atoms with Gasteiger partial charge in [0.15, 0.2) is 0 Å². The molecule has 1 aliphatic heterocycles. The lowest BCUT2D eigenvalue weighted by Gasteiger charge is -2.18. The summed E-state index contributed by atoms with van der Waals surface area (Å²) in [5.74, 6) is -0.851. The molecule has 0 saturated carbocycles. The largest absolute Gasteiger partial charge is 0.495 e. The Morgan fingerprint density at radius 2 is 1.97 bits per heavy atom. The first-order valence-electron chi connectivity index (χ1n) is 9.51. The summed E-state index contributed by atoms with van der Waals surface area (Å²) in [7, 11) is -6.53. The van der Waals surface area contributed by atoms with Crippen molar-refractivity contribution in [1.29, 1.82) is 0 Å². The van der Waals surface area contributed by atoms with Crippen LogP contribution in [0, 0.1) is 0 Å². The second kappa shape index (κ2) is 7.98. The van der Waals surface area contributed by atoms with E-state index in [1.54, 1.807) is 0 Å². The molecular weight excluding hydrogens is 442 g/mol. The molecule has 4 rings (SSSR count). The fourth-order valence-corrected chi connectivity index (χ4v) is 6.28. The van der Waals surface area contributed by atoms with Crippen LogP contribution in [0.25, 0.3) is 10.9 Å². The lowest BCUT2D eigenvalue weighted by molar-refractivity contribution is -0.116. The maximum absolute atomic E-state index is 13.0. The highest BCUT2D eigenvalue weighted by molar-refractivity contribution is 7.94. The molecule has 1 aliphatic rings. The van der Waals surface area contributed by atoms with Gasteiger partial charge in [0.2, 0.25) is 26.0 Å². The summed E-state index contributed by atoms with van der Waals surface area (Å²) in [6, 6.07) is 11.6. The van der Waals surface area contributed by atoms with Crippen LogP contribution in [0.1, 0.15) is 12.0 Å². The standard InChI is InChI=1S/C20H21N3O6S2/c1-29-18-7-6-15(23-20(24)9-11-30(23,25)26)12-19(18)31(27,28)22-10-8-14-13-21-17-5-3-2-4-16(14)17/h2-7,12-13,21-22H,8-11H2,1H3. The molecule has 1 fully saturated rings. The number of nitrogens with one attached hydrogen (secondary N) is 2. The van der Waals surface area contributed by atoms with E-state index in [1.165, 1.54) is 19.2 Å². The van der Waals surface area contributed by atoms with E-state index in [0.717, 1.165) is 22.5 Å². The van der Waals surface area contributed by atoms with Gasteiger partial charge < -0.3 is 9.72 Å². The normalized spacial score (nSPS) is 16.2. The molecule has 9 nitrogen and oxygen atoms in total. The van der Waals surface area contributed by atoms with E-state index in [-0.39, 0.29) is 35.1 Å². The predicted molar refractivity (Wildman–Crippen MR) is 116 cm³/mol. The lowest BCUT2D eigenvalue weighted by atomic mass is 10.1. The number of benzene rings is 2. The van der Waals surface area contributed by atoms with Crippen LogP contribution in [0.5, 0.6) is 5.75 Å². The van der Waals surface area contributed by atoms with E-state index < -0.39 is 26.0 Å². The zero-order valence-electron chi connectivity index (χ0n) is 16.7. The maximum atomic E-state index is 13.0. The smallest absolute Gasteiger partial charge is 0.244 e. The fraction of sp³-hybridized carbons (Fsp3) is 0.250. The van der Waals surface area contributed by atoms with Crippen molar-refractivity contribution in [3.63, 3.8) is 0 Å². The molecule has 0 bridgehead atoms. The minimum atomic E-state index is -4.03. The number of H-pyrrole nitrogens is 1. The number of amides is 1. The molecule has 1 aromatic heterocycles. The summed E-state index contributed by atoms with van der Waals surface area (Å²) >= 11 is 0. The third kappa shape index (κ3) is 4.03. The highest BCUT2D eigenvalue weighted by Gasteiger charge is 2.37. The fourth-order valence-electron chi connectivity index (χ4n) is 3.61. The number of methoxy groups -OCH3 is 1. The van der Waals surface area contributed by atoms with Crippen LogP contribution in [0.4, 0.5) is 5.69 Å². The van der Waals surface area contributed by atoms with E-state index in [9.17, 15) is 21.6 Å². The first-order chi connectivity index (χ1) is 14.7. The average Bonchev–Trinajstić information content (AvgIpc) is 3.27. The minimum Gasteiger partial charge on any atom is -0.495 e. The summed E-state index contributed by atoms with van der Waals surface area (Å²) in [4.78, 5) is 15.0. The molecule has 0 unspecified atom stereocenters. The molecule has 164 valence electrons. The summed E-state index contributed by atoms with van der Waals surface area (Å²) in [6.45, 7) is 0.124. The van der Waals surface area contributed by atoms with Gasteiger partial charge in [0.25, 0.3) is 0 Å². The number of rotatable bonds is 7. The van der Waals surface area contributed by atoms with Gasteiger partial charge in [0.05, 0.1) is 18.6 Å². The number of hydrogen-bond donors (Lipinski definition) is 2. The Kier molecular flexibility index (Phi) is 5.50. The number of sulfonamides is 2. The van der Waals surface area contributed by atoms with E-state index in [4.69, 9.17) is 4.74 Å². The Morgan fingerprint density at radius 1 is 1.19 bits per heavy atom. The number of ether oxygens (including phenoxy) is 1. The number of hydrogen-bond acceptors (Lipinski definition) is 6. The average molecular weight is 464 g/mol. The molecule has 0 atom stereocenters. The van der Waals surface area contributed by atoms with Crippen LogP contribution in [-0.2, 0) is 31.3 Å². The first kappa shape index (κ1) is 21.3. The monoisotopic (exact) mass is 463 g/mol. The summed E-state index contributed by atoms with van der Waals surface area (Å²) in [6.07, 6.45) is 2.15. The SMILES string of the molecule is COc1ccc(N2C(=O)CCS2(=O)=O)cc1S(=O)(=O)NCCc1c[nH]c2ccccc12. The molecule has 2 heterocycles. The number of carbonyl (C=O) groups excluding carboxylic acids is 1. The third-order valence-corrected chi connectivity index (χ3v) is 8.28. The number of aromatic amines is 1. The molecule has 0 spiro atoms. The highest BCUT2D eigenvalue weighted by atomic mass is 32.2. The Morgan fingerprint density at radius 3 is 2.68 bits per heavy atom. The van der Waals surface area contributed by atoms with Gasteiger partial charge in [-0.1, -0.05) is 18.2 Å². The molecular formula is C20H21N3O6S2. The zero-order chi connectivity index (χ0) is 22.2. The van der Waals surface area contributed by atoms with Crippen molar-refractivity contribution in [3.05, 3.63) is 54.2 Å². The van der Waals surface area contributed by atoms with Crippen molar-refractivity contribution >= 4 is 42.5 Å². The van der Waals surface area contributed by atoms with Gasteiger partial charge in [-0.05, 0) is 36.2 Å². The van der Waals surface area contributed by atoms with Gasteiger partial charge in [-0.25, -0.2) is 25.9 Å². The molecule has 11 heteroatoms. The van der Waals surface area contributed by atoms with Gasteiger partial charge >= 0.3 is 0 Å². The van der Waals surface area contributed by atoms with Crippen molar-refractivity contribution in [2.75, 3.05) is 23.7 Å². The van der Waals surface area contributed by atoms with Gasteiger partial charge in [-0.3, -0.25) is 4.79 Å². The van der Waals surface area contributed by atoms with Gasteiger partial charge in [-0.2, -0.15) is 0 Å². The highest BCUT2D eigenvalue weighted by Crippen LogP contribution is 2.32. The topological polar surface area (TPSA) is 126 Å². The Labute approximate surface area is 180 Å². The van der Waals surface area contributed by atoms with Crippen molar-refractivity contribution in [2.24, 2.45) is 0 Å². The van der Waals surface area contributed by atoms with Crippen molar-refractivity contribution in [1.82, 2.24) is 9.71 Å². The second-order valence-corrected chi connectivity index (χ2v) is 10.7. The quantitative estimate of drug-likeness (QED) is 0.550. The molecule has 0 radical (unpaired) electrons. The number of aromatic nitrogens is 1. The number of anilines is 1. The van der Waals surface area contributed by atoms with Crippen LogP contribution in [0.15, 0.2) is 53.6 Å². The summed E-state index contributed by atoms with van der Waals surface area (Å²) in [5.41, 5.74) is 1.90. The predicted octanol–water partition coefficient (Wildman–Crippen LogP) is 1.76. The molecule has 0 aliphatic carbocycles. The molecule has 2 N–H and O–H groups in total. The Balaban J connectivity index is 1.59. The van der Waals surface area contributed by atoms with Crippen molar-refractivity contribution in [3.8, 4) is 5.75 Å². The van der Waals surface area contributed by atoms with Gasteiger partial charge in [-0.15, -0.1) is 0 Å². The van der Waals surface area contributed by atoms with Gasteiger partial charge in [0.1, 0.15) is 10.6 Å². The van der Waals surface area contributed by atoms with Crippen LogP contribution in [-0.4, -0.2) is 47.1 Å². The van der Waals surface area contributed by atoms with E-state index >= 15 is 0 Å². The first-order valence-corrected chi connectivity index (χ1v) is 12.6. The second-order valence-electron chi connectivity index (χ2n) is 7.07. The van der Waals surface area contributed by atoms with Gasteiger partial charge in [0, 0.05) is 30.1 Å². The molecule has 1 saturated heterocycles. The number of fused-ring (bicyclic) bond motifs is 1. The summed E-state index contributed by atoms with van der Waals surface area (Å²) < 4.78 is 58.7. The molecule has 1 amide bonds. The minimum absolute atomic E-state index is 0.0275. The molecule has 3 aromatic rings. The van der Waals surface area contributed by atoms with E-state index in [0.29, 0.717) is 10.7 Å². The Hall–Kier alpha value is -2.89. The number of carbonyl (C=O) groups is 1. The van der Waals surface area contributed by atoms with Crippen molar-refractivity contribution in [2.45, 2.75) is 17.7 Å². The van der Waals surface area contributed by atoms with Crippen LogP contribution in [0.3, 0.4) is 0 Å². The van der Waals surface area contributed by atoms with Crippen LogP contribution in [0.2, 0.25) is 0 Å². The van der Waals surface area contributed by atoms with Crippen molar-refractivity contribution < 1.29 is 26.4 Å². The van der Waals surface area contributed by atoms with Crippen LogP contribution < -0.4 is 13.8 Å². The Bertz CT molecular complexity index is 1360. The summed E-state index contributed by atoms with van der Waals surface area (Å²) in [5, 5.41) is 1.01. The zero-order valence-corrected chi connectivity index (χ0v) is 18.3. The maximum Gasteiger partial charge on any atom is 0.244 e. The third-order valence-electron chi connectivity index (χ3n) is 5.11. The van der Waals surface area contributed by atoms with E-state index in [1.807, 2.05) is 30.5 Å². The number of nitrogens with zero attached hydrogens (tertiary/aromatic N) is 1. The van der Waals surface area contributed by atoms with Crippen LogP contribution >= 0.6 is 0 Å². The molecule has 31 heavy (non-hydrogen) atoms. The lowest BCUT2D eigenvalue weighted by Crippen LogP contribution is -2.30. The van der Waals surface area contributed by atoms with E-state index in [2.05, 4.69) is 9.71 Å². The molecule has 2 aromatic carbocycles. The number of para-hydroxylation sites is 1.